The molecule has 0 radical (unpaired) electrons. The predicted octanol–water partition coefficient (Wildman–Crippen LogP) is 23.9. The van der Waals surface area contributed by atoms with Gasteiger partial charge in [-0.3, -0.25) is 14.4 Å². The fourth-order valence-corrected chi connectivity index (χ4v) is 10.7. The van der Waals surface area contributed by atoms with E-state index in [0.29, 0.717) is 19.3 Å². The largest absolute Gasteiger partial charge is 0.462 e. The number of rotatable bonds is 65. The van der Waals surface area contributed by atoms with E-state index in [4.69, 9.17) is 14.2 Å². The Morgan fingerprint density at radius 1 is 0.269 bits per heavy atom. The first kappa shape index (κ1) is 75.6. The van der Waals surface area contributed by atoms with Crippen LogP contribution in [-0.4, -0.2) is 37.2 Å². The Morgan fingerprint density at radius 2 is 0.500 bits per heavy atom. The smallest absolute Gasteiger partial charge is 0.306 e. The molecule has 0 fully saturated rings. The van der Waals surface area contributed by atoms with Crippen molar-refractivity contribution in [1.82, 2.24) is 0 Å². The summed E-state index contributed by atoms with van der Waals surface area (Å²) in [6.07, 6.45) is 83.3. The fourth-order valence-electron chi connectivity index (χ4n) is 10.7. The van der Waals surface area contributed by atoms with Crippen LogP contribution in [0.1, 0.15) is 387 Å². The summed E-state index contributed by atoms with van der Waals surface area (Å²) in [5.74, 6) is -0.855. The Labute approximate surface area is 486 Å². The highest BCUT2D eigenvalue weighted by Crippen LogP contribution is 2.19. The van der Waals surface area contributed by atoms with Crippen molar-refractivity contribution in [3.63, 3.8) is 0 Å². The van der Waals surface area contributed by atoms with Gasteiger partial charge in [0.05, 0.1) is 0 Å². The minimum absolute atomic E-state index is 0.0708. The molecule has 0 aromatic heterocycles. The third kappa shape index (κ3) is 64.5. The molecule has 458 valence electrons. The Kier molecular flexibility index (Phi) is 65.1. The van der Waals surface area contributed by atoms with E-state index < -0.39 is 6.10 Å². The maximum atomic E-state index is 12.9. The van der Waals surface area contributed by atoms with Crippen molar-refractivity contribution < 1.29 is 28.6 Å². The number of hydrogen-bond acceptors (Lipinski definition) is 6. The van der Waals surface area contributed by atoms with Crippen LogP contribution in [0.25, 0.3) is 0 Å². The zero-order valence-electron chi connectivity index (χ0n) is 52.7. The zero-order valence-corrected chi connectivity index (χ0v) is 52.7. The van der Waals surface area contributed by atoms with E-state index >= 15 is 0 Å². The Morgan fingerprint density at radius 3 is 0.782 bits per heavy atom. The van der Waals surface area contributed by atoms with E-state index in [9.17, 15) is 14.4 Å². The monoisotopic (exact) mass is 1100 g/mol. The summed E-state index contributed by atoms with van der Waals surface area (Å²) >= 11 is 0. The van der Waals surface area contributed by atoms with Crippen LogP contribution in [0.15, 0.2) is 36.5 Å². The van der Waals surface area contributed by atoms with E-state index in [1.165, 1.54) is 263 Å². The summed E-state index contributed by atoms with van der Waals surface area (Å²) in [6.45, 7) is 6.59. The minimum Gasteiger partial charge on any atom is -0.462 e. The van der Waals surface area contributed by atoms with Crippen molar-refractivity contribution >= 4 is 17.9 Å². The second kappa shape index (κ2) is 67.1. The number of ether oxygens (including phenoxy) is 3. The van der Waals surface area contributed by atoms with Gasteiger partial charge in [-0.15, -0.1) is 0 Å². The standard InChI is InChI=1S/C72H134O6/c1-4-7-10-13-16-19-22-25-27-29-30-31-32-33-34-35-36-37-38-39-40-41-42-44-45-47-50-53-56-59-62-65-71(74)77-68-69(67-76-70(73)64-61-58-55-52-49-24-21-18-15-12-9-6-3)78-72(75)66-63-60-57-54-51-48-46-43-28-26-23-20-17-14-11-8-5-2/h8,11,17,20,26,28,69H,4-7,9-10,12-16,18-19,21-25,27,29-68H2,1-3H3/b11-8-,20-17-,28-26-. The first-order chi connectivity index (χ1) is 38.5. The Hall–Kier alpha value is -2.37. The van der Waals surface area contributed by atoms with Gasteiger partial charge in [0.25, 0.3) is 0 Å². The van der Waals surface area contributed by atoms with E-state index in [1.54, 1.807) is 0 Å². The van der Waals surface area contributed by atoms with Crippen LogP contribution in [0.5, 0.6) is 0 Å². The molecule has 0 saturated carbocycles. The van der Waals surface area contributed by atoms with E-state index in [-0.39, 0.29) is 31.1 Å². The number of esters is 3. The van der Waals surface area contributed by atoms with Crippen LogP contribution in [0, 0.1) is 0 Å². The van der Waals surface area contributed by atoms with Gasteiger partial charge in [-0.25, -0.2) is 0 Å². The molecule has 0 aromatic rings. The lowest BCUT2D eigenvalue weighted by atomic mass is 10.0. The van der Waals surface area contributed by atoms with Crippen molar-refractivity contribution in [3.8, 4) is 0 Å². The zero-order chi connectivity index (χ0) is 56.4. The van der Waals surface area contributed by atoms with Gasteiger partial charge < -0.3 is 14.2 Å². The van der Waals surface area contributed by atoms with Crippen LogP contribution in [-0.2, 0) is 28.6 Å². The molecule has 0 rings (SSSR count). The predicted molar refractivity (Wildman–Crippen MR) is 339 cm³/mol. The Balaban J connectivity index is 4.11. The number of unbranched alkanes of at least 4 members (excludes halogenated alkanes) is 48. The molecule has 0 heterocycles. The summed E-state index contributed by atoms with van der Waals surface area (Å²) in [4.78, 5) is 38.3. The summed E-state index contributed by atoms with van der Waals surface area (Å²) in [5.41, 5.74) is 0. The quantitative estimate of drug-likeness (QED) is 0.0261. The van der Waals surface area contributed by atoms with Crippen LogP contribution in [0.3, 0.4) is 0 Å². The van der Waals surface area contributed by atoms with Crippen molar-refractivity contribution in [2.45, 2.75) is 393 Å². The van der Waals surface area contributed by atoms with Gasteiger partial charge >= 0.3 is 17.9 Å². The molecule has 0 spiro atoms. The van der Waals surface area contributed by atoms with E-state index in [2.05, 4.69) is 57.2 Å². The van der Waals surface area contributed by atoms with Crippen LogP contribution >= 0.6 is 0 Å². The molecule has 0 amide bonds. The third-order valence-corrected chi connectivity index (χ3v) is 15.9. The second-order valence-electron chi connectivity index (χ2n) is 23.8. The molecule has 0 aliphatic rings. The van der Waals surface area contributed by atoms with Crippen LogP contribution in [0.2, 0.25) is 0 Å². The molecule has 6 heteroatoms. The average Bonchev–Trinajstić information content (AvgIpc) is 3.44. The fraction of sp³-hybridized carbons (Fsp3) is 0.875. The lowest BCUT2D eigenvalue weighted by Crippen LogP contribution is -2.30. The highest BCUT2D eigenvalue weighted by Gasteiger charge is 2.19. The van der Waals surface area contributed by atoms with Crippen LogP contribution in [0.4, 0.5) is 0 Å². The number of carbonyl (C=O) groups is 3. The molecule has 0 aliphatic heterocycles. The molecule has 78 heavy (non-hydrogen) atoms. The summed E-state index contributed by atoms with van der Waals surface area (Å²) in [7, 11) is 0. The third-order valence-electron chi connectivity index (χ3n) is 15.9. The van der Waals surface area contributed by atoms with Crippen LogP contribution < -0.4 is 0 Å². The second-order valence-corrected chi connectivity index (χ2v) is 23.8. The number of carbonyl (C=O) groups excluding carboxylic acids is 3. The molecule has 1 unspecified atom stereocenters. The number of allylic oxidation sites excluding steroid dienone is 6. The lowest BCUT2D eigenvalue weighted by molar-refractivity contribution is -0.167. The van der Waals surface area contributed by atoms with Crippen molar-refractivity contribution in [3.05, 3.63) is 36.5 Å². The minimum atomic E-state index is -0.774. The normalized spacial score (nSPS) is 12.2. The lowest BCUT2D eigenvalue weighted by Gasteiger charge is -2.18. The molecular formula is C72H134O6. The Bertz CT molecular complexity index is 1300. The van der Waals surface area contributed by atoms with Crippen molar-refractivity contribution in [1.29, 1.82) is 0 Å². The SMILES string of the molecule is CC/C=C\C/C=C\C/C=C\CCCCCCCCCC(=O)OC(COC(=O)CCCCCCCCCCCCCC)COC(=O)CCCCCCCCCCCCCCCCCCCCCCCCCCCCCCCCC. The van der Waals surface area contributed by atoms with Gasteiger partial charge in [0.15, 0.2) is 6.10 Å². The first-order valence-electron chi connectivity index (χ1n) is 35.0. The van der Waals surface area contributed by atoms with Gasteiger partial charge in [0.1, 0.15) is 13.2 Å². The topological polar surface area (TPSA) is 78.9 Å². The molecule has 0 aromatic carbocycles. The first-order valence-corrected chi connectivity index (χ1v) is 35.0. The molecule has 0 saturated heterocycles. The van der Waals surface area contributed by atoms with Crippen molar-refractivity contribution in [2.75, 3.05) is 13.2 Å². The van der Waals surface area contributed by atoms with Crippen molar-refractivity contribution in [2.24, 2.45) is 0 Å². The van der Waals surface area contributed by atoms with Gasteiger partial charge in [0, 0.05) is 19.3 Å². The molecule has 0 N–H and O–H groups in total. The van der Waals surface area contributed by atoms with Gasteiger partial charge in [-0.05, 0) is 51.4 Å². The molecule has 1 atom stereocenters. The van der Waals surface area contributed by atoms with E-state index in [0.717, 1.165) is 83.5 Å². The summed E-state index contributed by atoms with van der Waals surface area (Å²) in [5, 5.41) is 0. The van der Waals surface area contributed by atoms with Gasteiger partial charge in [0.2, 0.25) is 0 Å². The maximum Gasteiger partial charge on any atom is 0.306 e. The average molecular weight is 1100 g/mol. The summed E-state index contributed by atoms with van der Waals surface area (Å²) < 4.78 is 16.9. The molecule has 0 aliphatic carbocycles. The molecule has 0 bridgehead atoms. The molecule has 6 nitrogen and oxygen atoms in total. The van der Waals surface area contributed by atoms with Gasteiger partial charge in [-0.2, -0.15) is 0 Å². The highest BCUT2D eigenvalue weighted by molar-refractivity contribution is 5.71. The molecular weight excluding hydrogens is 961 g/mol. The van der Waals surface area contributed by atoms with Gasteiger partial charge in [-0.1, -0.05) is 353 Å². The maximum absolute atomic E-state index is 12.9. The summed E-state index contributed by atoms with van der Waals surface area (Å²) in [6, 6.07) is 0. The number of hydrogen-bond donors (Lipinski definition) is 0. The van der Waals surface area contributed by atoms with E-state index in [1.807, 2.05) is 0 Å². The highest BCUT2D eigenvalue weighted by atomic mass is 16.6.